The second-order valence-electron chi connectivity index (χ2n) is 7.07. The fourth-order valence-electron chi connectivity index (χ4n) is 3.04. The highest BCUT2D eigenvalue weighted by atomic mass is 16.5. The van der Waals surface area contributed by atoms with E-state index in [1.54, 1.807) is 31.4 Å². The van der Waals surface area contributed by atoms with Gasteiger partial charge < -0.3 is 19.9 Å². The standard InChI is InChI=1S/C23H26N4O4/c1-16(28)25-19-8-6-7-18(15-19)23(29)24-14-5-3-4-9-21-26-22(27-31-21)17-10-12-20(30-2)13-11-17/h6-8,10-13,15H,3-5,9,14H2,1-2H3,(H,24,29)(H,25,28). The molecule has 2 N–H and O–H groups in total. The third kappa shape index (κ3) is 6.67. The molecule has 3 rings (SSSR count). The lowest BCUT2D eigenvalue weighted by atomic mass is 10.1. The number of benzene rings is 2. The summed E-state index contributed by atoms with van der Waals surface area (Å²) in [7, 11) is 1.62. The largest absolute Gasteiger partial charge is 0.497 e. The van der Waals surface area contributed by atoms with E-state index in [9.17, 15) is 9.59 Å². The molecular formula is C23H26N4O4. The number of carbonyl (C=O) groups is 2. The van der Waals surface area contributed by atoms with Gasteiger partial charge in [-0.25, -0.2) is 0 Å². The molecule has 0 spiro atoms. The molecule has 0 radical (unpaired) electrons. The molecule has 0 aliphatic heterocycles. The van der Waals surface area contributed by atoms with Gasteiger partial charge in [-0.05, 0) is 55.3 Å². The van der Waals surface area contributed by atoms with Crippen LogP contribution in [0.25, 0.3) is 11.4 Å². The minimum absolute atomic E-state index is 0.159. The highest BCUT2D eigenvalue weighted by Gasteiger charge is 2.09. The van der Waals surface area contributed by atoms with Gasteiger partial charge in [0.1, 0.15) is 5.75 Å². The summed E-state index contributed by atoms with van der Waals surface area (Å²) in [6.45, 7) is 2.01. The van der Waals surface area contributed by atoms with Crippen LogP contribution in [0.2, 0.25) is 0 Å². The fraction of sp³-hybridized carbons (Fsp3) is 0.304. The minimum Gasteiger partial charge on any atom is -0.497 e. The molecule has 31 heavy (non-hydrogen) atoms. The minimum atomic E-state index is -0.171. The summed E-state index contributed by atoms with van der Waals surface area (Å²) in [6, 6.07) is 14.4. The third-order valence-corrected chi connectivity index (χ3v) is 4.61. The number of hydrogen-bond acceptors (Lipinski definition) is 6. The number of aryl methyl sites for hydroxylation is 1. The molecule has 0 saturated carbocycles. The zero-order chi connectivity index (χ0) is 22.1. The van der Waals surface area contributed by atoms with Gasteiger partial charge in [-0.2, -0.15) is 4.98 Å². The van der Waals surface area contributed by atoms with E-state index < -0.39 is 0 Å². The number of unbranched alkanes of at least 4 members (excludes halogenated alkanes) is 2. The van der Waals surface area contributed by atoms with Crippen LogP contribution in [0.1, 0.15) is 42.4 Å². The van der Waals surface area contributed by atoms with Crippen molar-refractivity contribution in [2.75, 3.05) is 19.0 Å². The van der Waals surface area contributed by atoms with Crippen LogP contribution in [-0.2, 0) is 11.2 Å². The number of hydrogen-bond donors (Lipinski definition) is 2. The van der Waals surface area contributed by atoms with E-state index in [1.807, 2.05) is 24.3 Å². The Bertz CT molecular complexity index is 1010. The van der Waals surface area contributed by atoms with Crippen molar-refractivity contribution in [2.24, 2.45) is 0 Å². The number of anilines is 1. The number of ether oxygens (including phenoxy) is 1. The molecule has 2 amide bonds. The van der Waals surface area contributed by atoms with Crippen molar-refractivity contribution in [1.82, 2.24) is 15.5 Å². The number of methoxy groups -OCH3 is 1. The van der Waals surface area contributed by atoms with E-state index in [4.69, 9.17) is 9.26 Å². The summed E-state index contributed by atoms with van der Waals surface area (Å²) in [5.41, 5.74) is 2.00. The first-order valence-electron chi connectivity index (χ1n) is 10.2. The Morgan fingerprint density at radius 2 is 1.87 bits per heavy atom. The maximum atomic E-state index is 12.2. The first-order valence-corrected chi connectivity index (χ1v) is 10.2. The van der Waals surface area contributed by atoms with E-state index in [0.717, 1.165) is 30.6 Å². The maximum Gasteiger partial charge on any atom is 0.251 e. The predicted molar refractivity (Wildman–Crippen MR) is 117 cm³/mol. The van der Waals surface area contributed by atoms with Crippen LogP contribution in [0.3, 0.4) is 0 Å². The van der Waals surface area contributed by atoms with Gasteiger partial charge in [0, 0.05) is 36.7 Å². The Balaban J connectivity index is 1.36. The first kappa shape index (κ1) is 22.0. The first-order chi connectivity index (χ1) is 15.0. The lowest BCUT2D eigenvalue weighted by Gasteiger charge is -2.07. The van der Waals surface area contributed by atoms with E-state index >= 15 is 0 Å². The van der Waals surface area contributed by atoms with Crippen LogP contribution in [0.5, 0.6) is 5.75 Å². The molecule has 0 unspecified atom stereocenters. The molecule has 1 heterocycles. The Morgan fingerprint density at radius 3 is 2.61 bits per heavy atom. The van der Waals surface area contributed by atoms with Gasteiger partial charge in [0.05, 0.1) is 7.11 Å². The van der Waals surface area contributed by atoms with Crippen molar-refractivity contribution >= 4 is 17.5 Å². The van der Waals surface area contributed by atoms with Gasteiger partial charge in [0.2, 0.25) is 17.6 Å². The molecular weight excluding hydrogens is 396 g/mol. The molecule has 8 heteroatoms. The quantitative estimate of drug-likeness (QED) is 0.481. The zero-order valence-corrected chi connectivity index (χ0v) is 17.7. The van der Waals surface area contributed by atoms with Crippen molar-refractivity contribution in [1.29, 1.82) is 0 Å². The average molecular weight is 422 g/mol. The molecule has 8 nitrogen and oxygen atoms in total. The second-order valence-corrected chi connectivity index (χ2v) is 7.07. The van der Waals surface area contributed by atoms with Crippen LogP contribution in [0.4, 0.5) is 5.69 Å². The SMILES string of the molecule is COc1ccc(-c2noc(CCCCCNC(=O)c3cccc(NC(C)=O)c3)n2)cc1. The molecule has 3 aromatic rings. The lowest BCUT2D eigenvalue weighted by Crippen LogP contribution is -2.24. The number of nitrogens with one attached hydrogen (secondary N) is 2. The van der Waals surface area contributed by atoms with Gasteiger partial charge in [0.15, 0.2) is 0 Å². The van der Waals surface area contributed by atoms with Gasteiger partial charge in [-0.1, -0.05) is 17.6 Å². The molecule has 1 aromatic heterocycles. The maximum absolute atomic E-state index is 12.2. The van der Waals surface area contributed by atoms with Gasteiger partial charge in [0.25, 0.3) is 5.91 Å². The number of aromatic nitrogens is 2. The van der Waals surface area contributed by atoms with Crippen molar-refractivity contribution in [3.63, 3.8) is 0 Å². The van der Waals surface area contributed by atoms with Gasteiger partial charge >= 0.3 is 0 Å². The van der Waals surface area contributed by atoms with Crippen LogP contribution in [-0.4, -0.2) is 35.6 Å². The van der Waals surface area contributed by atoms with Crippen molar-refractivity contribution < 1.29 is 18.8 Å². The summed E-state index contributed by atoms with van der Waals surface area (Å²) in [5.74, 6) is 1.61. The van der Waals surface area contributed by atoms with Crippen LogP contribution >= 0.6 is 0 Å². The van der Waals surface area contributed by atoms with E-state index in [2.05, 4.69) is 20.8 Å². The van der Waals surface area contributed by atoms with Gasteiger partial charge in [-0.3, -0.25) is 9.59 Å². The Morgan fingerprint density at radius 1 is 1.06 bits per heavy atom. The Hall–Kier alpha value is -3.68. The van der Waals surface area contributed by atoms with Crippen LogP contribution < -0.4 is 15.4 Å². The highest BCUT2D eigenvalue weighted by Crippen LogP contribution is 2.20. The molecule has 2 aromatic carbocycles. The predicted octanol–water partition coefficient (Wildman–Crippen LogP) is 3.85. The number of carbonyl (C=O) groups excluding carboxylic acids is 2. The topological polar surface area (TPSA) is 106 Å². The van der Waals surface area contributed by atoms with E-state index in [0.29, 0.717) is 35.9 Å². The van der Waals surface area contributed by atoms with E-state index in [1.165, 1.54) is 6.92 Å². The zero-order valence-electron chi connectivity index (χ0n) is 17.7. The van der Waals surface area contributed by atoms with Crippen LogP contribution in [0, 0.1) is 0 Å². The summed E-state index contributed by atoms with van der Waals surface area (Å²) in [5, 5.41) is 9.60. The van der Waals surface area contributed by atoms with Crippen molar-refractivity contribution in [3.8, 4) is 17.1 Å². The molecule has 0 atom stereocenters. The molecule has 0 aliphatic carbocycles. The van der Waals surface area contributed by atoms with E-state index in [-0.39, 0.29) is 11.8 Å². The summed E-state index contributed by atoms with van der Waals surface area (Å²) in [6.07, 6.45) is 3.34. The summed E-state index contributed by atoms with van der Waals surface area (Å²) < 4.78 is 10.5. The van der Waals surface area contributed by atoms with Crippen LogP contribution in [0.15, 0.2) is 53.1 Å². The van der Waals surface area contributed by atoms with Gasteiger partial charge in [-0.15, -0.1) is 0 Å². The second kappa shape index (κ2) is 10.9. The third-order valence-electron chi connectivity index (χ3n) is 4.61. The Kier molecular flexibility index (Phi) is 7.75. The molecule has 162 valence electrons. The summed E-state index contributed by atoms with van der Waals surface area (Å²) >= 11 is 0. The lowest BCUT2D eigenvalue weighted by molar-refractivity contribution is -0.114. The normalized spacial score (nSPS) is 10.5. The Labute approximate surface area is 181 Å². The molecule has 0 bridgehead atoms. The van der Waals surface area contributed by atoms with Crippen molar-refractivity contribution in [3.05, 3.63) is 60.0 Å². The van der Waals surface area contributed by atoms with Crippen molar-refractivity contribution in [2.45, 2.75) is 32.6 Å². The number of nitrogens with zero attached hydrogens (tertiary/aromatic N) is 2. The molecule has 0 fully saturated rings. The number of rotatable bonds is 10. The highest BCUT2D eigenvalue weighted by molar-refractivity contribution is 5.96. The smallest absolute Gasteiger partial charge is 0.251 e. The average Bonchev–Trinajstić information content (AvgIpc) is 3.24. The number of amides is 2. The monoisotopic (exact) mass is 422 g/mol. The molecule has 0 saturated heterocycles. The fourth-order valence-corrected chi connectivity index (χ4v) is 3.04. The molecule has 0 aliphatic rings. The summed E-state index contributed by atoms with van der Waals surface area (Å²) in [4.78, 5) is 27.8.